The SMILES string of the molecule is CCCCCCCCCCC(=O)NCCCC[C@H](CC(=O)OCC1c2ccccc2-c2ccccc21)C(=O)O.CCCCCCCCCCC(=O)NCCCC[C@H](CC(=O)OCC1c2ccccc2-c2ccccc21)C(=O)OC(c1ccccc1)(c1ccc(C)cc1)c1ccccc1Cl.CCN(C(C)C)C(C)C.Cc1ccc(C(Cl)(c2ccccc2)c2ccccc2Cl)cc1. The summed E-state index contributed by atoms with van der Waals surface area (Å²) in [5.74, 6) is -4.07. The van der Waals surface area contributed by atoms with E-state index in [1.807, 2.05) is 183 Å². The number of nitrogens with zero attached hydrogens (tertiary/aromatic N) is 1. The Hall–Kier alpha value is -10.2. The smallest absolute Gasteiger partial charge is 0.311 e. The van der Waals surface area contributed by atoms with Crippen LogP contribution in [-0.2, 0) is 53.5 Å². The quantitative estimate of drug-likeness (QED) is 0.0109. The Morgan fingerprint density at radius 3 is 1.10 bits per heavy atom. The van der Waals surface area contributed by atoms with Crippen molar-refractivity contribution >= 4 is 70.5 Å². The minimum Gasteiger partial charge on any atom is -0.481 e. The summed E-state index contributed by atoms with van der Waals surface area (Å²) in [5.41, 5.74) is 15.0. The first-order valence-electron chi connectivity index (χ1n) is 47.9. The standard InChI is InChI=1S/C53H60ClNO5.C33H45NO5.C20H16Cl2.C8H19N/c1-3-4-5-6-7-8-9-13-31-50(56)55-36-21-20-22-40(37-51(57)59-38-47-45-27-16-14-25-43(45)44-26-15-17-28-46(44)47)52(58)60-53(41-23-11-10-12-24-41,42-34-32-39(2)33-35-42)48-29-18-19-30-49(48)54;1-2-3-4-5-6-7-8-9-21-31(35)34-22-15-14-16-25(33(37)38)23-32(36)39-24-30-28-19-12-10-17-26(28)27-18-11-13-20-29(27)30;1-15-11-13-17(14-12-15)20(22,16-7-3-2-4-8-16)18-9-5-6-10-19(18)21;1-6-9(7(2)3)8(4)5/h10-12,14-19,23-30,32-35,40,47H,3-9,13,20-22,31,36-38H2,1-2H3,(H,55,56);10-13,17-20,25,30H,2-9,14-16,21-24H2,1H3,(H,34,35)(H,37,38);2-14H,1H3;7-8H,6H2,1-5H3/t40-,53?;25-;;/m11../s1. The van der Waals surface area contributed by atoms with Gasteiger partial charge in [0.05, 0.1) is 24.7 Å². The van der Waals surface area contributed by atoms with Gasteiger partial charge in [-0.15, -0.1) is 11.6 Å². The van der Waals surface area contributed by atoms with Gasteiger partial charge in [-0.3, -0.25) is 33.7 Å². The number of carboxylic acid groups (broad SMARTS) is 1. The molecule has 0 fully saturated rings. The number of halogens is 3. The topological polar surface area (TPSA) is 178 Å². The molecular formula is C114H140Cl3N3O10. The molecule has 0 saturated carbocycles. The molecule has 0 aromatic heterocycles. The van der Waals surface area contributed by atoms with E-state index in [0.717, 1.165) is 110 Å². The zero-order valence-corrected chi connectivity index (χ0v) is 80.6. The van der Waals surface area contributed by atoms with Crippen LogP contribution in [0.5, 0.6) is 0 Å². The maximum atomic E-state index is 14.9. The molecule has 130 heavy (non-hydrogen) atoms. The lowest BCUT2D eigenvalue weighted by Gasteiger charge is -2.37. The average Bonchev–Trinajstić information content (AvgIpc) is 1.17. The number of benzene rings is 10. The van der Waals surface area contributed by atoms with Crippen molar-refractivity contribution in [3.8, 4) is 22.3 Å². The minimum atomic E-state index is -1.41. The summed E-state index contributed by atoms with van der Waals surface area (Å²) in [4.78, 5) is 79.4. The highest BCUT2D eigenvalue weighted by atomic mass is 35.5. The number of carbonyl (C=O) groups is 6. The summed E-state index contributed by atoms with van der Waals surface area (Å²) in [5, 5.41) is 16.7. The summed E-state index contributed by atoms with van der Waals surface area (Å²) in [6.45, 7) is 22.3. The third-order valence-electron chi connectivity index (χ3n) is 25.1. The van der Waals surface area contributed by atoms with Crippen molar-refractivity contribution in [1.82, 2.24) is 15.5 Å². The molecule has 0 radical (unpaired) electrons. The number of carboxylic acids is 1. The van der Waals surface area contributed by atoms with Crippen LogP contribution in [-0.4, -0.2) is 90.6 Å². The van der Waals surface area contributed by atoms with E-state index in [0.29, 0.717) is 92.1 Å². The number of rotatable bonds is 48. The monoisotopic (exact) mass is 1820 g/mol. The molecule has 16 heteroatoms. The number of ether oxygens (including phenoxy) is 3. The second-order valence-electron chi connectivity index (χ2n) is 35.3. The molecule has 0 aliphatic heterocycles. The minimum absolute atomic E-state index is 0.0426. The molecular weight excluding hydrogens is 1680 g/mol. The number of fused-ring (bicyclic) bond motifs is 6. The average molecular weight is 1820 g/mol. The molecule has 2 aliphatic carbocycles. The summed E-state index contributed by atoms with van der Waals surface area (Å²) in [6, 6.07) is 85.2. The molecule has 12 rings (SSSR count). The van der Waals surface area contributed by atoms with Gasteiger partial charge in [-0.05, 0) is 154 Å². The largest absolute Gasteiger partial charge is 0.481 e. The van der Waals surface area contributed by atoms with E-state index in [-0.39, 0.29) is 49.7 Å². The Morgan fingerprint density at radius 2 is 0.715 bits per heavy atom. The van der Waals surface area contributed by atoms with Crippen LogP contribution in [0.3, 0.4) is 0 Å². The van der Waals surface area contributed by atoms with E-state index in [2.05, 4.69) is 144 Å². The highest BCUT2D eigenvalue weighted by Crippen LogP contribution is 2.49. The number of alkyl halides is 1. The van der Waals surface area contributed by atoms with Gasteiger partial charge in [-0.1, -0.05) is 400 Å². The number of amides is 2. The van der Waals surface area contributed by atoms with Crippen molar-refractivity contribution in [3.05, 3.63) is 332 Å². The zero-order chi connectivity index (χ0) is 93.1. The van der Waals surface area contributed by atoms with E-state index in [1.54, 1.807) is 6.07 Å². The lowest BCUT2D eigenvalue weighted by atomic mass is 9.79. The van der Waals surface area contributed by atoms with Gasteiger partial charge >= 0.3 is 23.9 Å². The highest BCUT2D eigenvalue weighted by Gasteiger charge is 2.45. The second-order valence-corrected chi connectivity index (χ2v) is 36.7. The van der Waals surface area contributed by atoms with E-state index < -0.39 is 46.2 Å². The first kappa shape index (κ1) is 104. The first-order valence-corrected chi connectivity index (χ1v) is 49.0. The number of nitrogens with one attached hydrogen (secondary N) is 2. The van der Waals surface area contributed by atoms with E-state index >= 15 is 0 Å². The Balaban J connectivity index is 0.000000230. The van der Waals surface area contributed by atoms with Crippen LogP contribution in [0.1, 0.15) is 294 Å². The third kappa shape index (κ3) is 30.7. The summed E-state index contributed by atoms with van der Waals surface area (Å²) < 4.78 is 18.5. The van der Waals surface area contributed by atoms with E-state index in [4.69, 9.17) is 49.0 Å². The number of esters is 3. The molecule has 2 aliphatic rings. The zero-order valence-electron chi connectivity index (χ0n) is 78.3. The summed E-state index contributed by atoms with van der Waals surface area (Å²) in [7, 11) is 0. The van der Waals surface area contributed by atoms with Crippen molar-refractivity contribution in [1.29, 1.82) is 0 Å². The van der Waals surface area contributed by atoms with Crippen LogP contribution in [0.2, 0.25) is 10.0 Å². The second kappa shape index (κ2) is 55.2. The van der Waals surface area contributed by atoms with Crippen molar-refractivity contribution in [2.24, 2.45) is 11.8 Å². The molecule has 692 valence electrons. The van der Waals surface area contributed by atoms with Gasteiger partial charge in [-0.2, -0.15) is 0 Å². The number of unbranched alkanes of at least 4 members (excludes halogenated alkanes) is 16. The van der Waals surface area contributed by atoms with Gasteiger partial charge in [0, 0.05) is 82.1 Å². The van der Waals surface area contributed by atoms with Gasteiger partial charge in [0.15, 0.2) is 5.60 Å². The summed E-state index contributed by atoms with van der Waals surface area (Å²) >= 11 is 20.6. The lowest BCUT2D eigenvalue weighted by molar-refractivity contribution is -0.163. The van der Waals surface area contributed by atoms with Gasteiger partial charge < -0.3 is 30.0 Å². The maximum Gasteiger partial charge on any atom is 0.311 e. The van der Waals surface area contributed by atoms with Gasteiger partial charge in [0.25, 0.3) is 0 Å². The third-order valence-corrected chi connectivity index (χ3v) is 26.4. The van der Waals surface area contributed by atoms with Gasteiger partial charge in [-0.25, -0.2) is 0 Å². The fourth-order valence-corrected chi connectivity index (χ4v) is 19.0. The summed E-state index contributed by atoms with van der Waals surface area (Å²) in [6.07, 6.45) is 23.2. The highest BCUT2D eigenvalue weighted by molar-refractivity contribution is 6.35. The molecule has 2 amide bonds. The molecule has 4 atom stereocenters. The number of aryl methyl sites for hydroxylation is 2. The maximum absolute atomic E-state index is 14.9. The molecule has 0 saturated heterocycles. The Bertz CT molecular complexity index is 5000. The molecule has 10 aromatic rings. The van der Waals surface area contributed by atoms with Gasteiger partial charge in [0.1, 0.15) is 18.1 Å². The predicted octanol–water partition coefficient (Wildman–Crippen LogP) is 28.2. The Labute approximate surface area is 791 Å². The number of carbonyl (C=O) groups excluding carboxylic acids is 5. The Morgan fingerprint density at radius 1 is 0.385 bits per heavy atom. The number of aliphatic carboxylic acids is 1. The molecule has 3 N–H and O–H groups in total. The van der Waals surface area contributed by atoms with Crippen molar-refractivity contribution in [2.45, 2.75) is 264 Å². The molecule has 0 bridgehead atoms. The molecule has 0 heterocycles. The van der Waals surface area contributed by atoms with Crippen LogP contribution >= 0.6 is 34.8 Å². The van der Waals surface area contributed by atoms with E-state index in [1.165, 1.54) is 82.6 Å². The number of hydrogen-bond acceptors (Lipinski definition) is 10. The molecule has 2 unspecified atom stereocenters. The van der Waals surface area contributed by atoms with Crippen LogP contribution in [0.15, 0.2) is 255 Å². The van der Waals surface area contributed by atoms with Crippen molar-refractivity contribution in [3.63, 3.8) is 0 Å². The van der Waals surface area contributed by atoms with E-state index in [9.17, 15) is 33.9 Å². The first-order chi connectivity index (χ1) is 63.0. The fourth-order valence-electron chi connectivity index (χ4n) is 18.0. The van der Waals surface area contributed by atoms with Crippen molar-refractivity contribution < 1.29 is 48.1 Å². The normalized spacial score (nSPS) is 13.2. The fraction of sp³-hybridized carbons (Fsp3) is 0.421. The van der Waals surface area contributed by atoms with Crippen LogP contribution in [0, 0.1) is 25.7 Å². The predicted molar refractivity (Wildman–Crippen MR) is 534 cm³/mol. The van der Waals surface area contributed by atoms with Crippen LogP contribution < -0.4 is 10.6 Å². The van der Waals surface area contributed by atoms with Gasteiger partial charge in [0.2, 0.25) is 11.8 Å². The lowest BCUT2D eigenvalue weighted by Crippen LogP contribution is -2.38. The van der Waals surface area contributed by atoms with Crippen LogP contribution in [0.4, 0.5) is 0 Å². The molecule has 0 spiro atoms. The molecule has 10 aromatic carbocycles. The Kier molecular flexibility index (Phi) is 44.0. The molecule has 13 nitrogen and oxygen atoms in total. The van der Waals surface area contributed by atoms with Crippen LogP contribution in [0.25, 0.3) is 22.3 Å². The number of hydrogen-bond donors (Lipinski definition) is 3. The van der Waals surface area contributed by atoms with Crippen molar-refractivity contribution in [2.75, 3.05) is 32.8 Å².